The molecule has 0 unspecified atom stereocenters. The second-order valence-electron chi connectivity index (χ2n) is 5.12. The summed E-state index contributed by atoms with van der Waals surface area (Å²) >= 11 is 0. The Morgan fingerprint density at radius 2 is 2.11 bits per heavy atom. The number of sulfonamides is 1. The number of fused-ring (bicyclic) bond motifs is 1. The van der Waals surface area contributed by atoms with Crippen LogP contribution in [0.5, 0.6) is 0 Å². The van der Waals surface area contributed by atoms with E-state index >= 15 is 0 Å². The van der Waals surface area contributed by atoms with Gasteiger partial charge in [-0.2, -0.15) is 5.26 Å². The van der Waals surface area contributed by atoms with Crippen molar-refractivity contribution in [2.24, 2.45) is 0 Å². The normalized spacial score (nSPS) is 17.6. The Hall–Kier alpha value is -1.74. The van der Waals surface area contributed by atoms with Gasteiger partial charge in [0.15, 0.2) is 0 Å². The summed E-state index contributed by atoms with van der Waals surface area (Å²) in [5.41, 5.74) is 1.41. The van der Waals surface area contributed by atoms with Gasteiger partial charge >= 0.3 is 0 Å². The largest absolute Gasteiger partial charge is 0.377 e. The molecular weight excluding hydrogens is 250 g/mol. The van der Waals surface area contributed by atoms with E-state index in [0.717, 1.165) is 0 Å². The lowest BCUT2D eigenvalue weighted by atomic mass is 10.0. The fourth-order valence-electron chi connectivity index (χ4n) is 2.07. The highest BCUT2D eigenvalue weighted by atomic mass is 32.2. The zero-order valence-electron chi connectivity index (χ0n) is 10.6. The van der Waals surface area contributed by atoms with Crippen LogP contribution in [-0.4, -0.2) is 26.8 Å². The molecule has 6 heteroatoms. The minimum Gasteiger partial charge on any atom is -0.377 e. The third-order valence-electron chi connectivity index (χ3n) is 2.81. The van der Waals surface area contributed by atoms with Crippen LogP contribution in [0.15, 0.2) is 18.2 Å². The van der Waals surface area contributed by atoms with Crippen LogP contribution >= 0.6 is 0 Å². The van der Waals surface area contributed by atoms with Crippen molar-refractivity contribution in [2.75, 3.05) is 22.4 Å². The zero-order valence-corrected chi connectivity index (χ0v) is 11.4. The third-order valence-corrected chi connectivity index (χ3v) is 3.93. The van der Waals surface area contributed by atoms with Crippen LogP contribution in [0.1, 0.15) is 19.4 Å². The maximum Gasteiger partial charge on any atom is 0.232 e. The molecule has 5 nitrogen and oxygen atoms in total. The average Bonchev–Trinajstić information content (AvgIpc) is 2.24. The van der Waals surface area contributed by atoms with E-state index in [1.54, 1.807) is 18.2 Å². The minimum atomic E-state index is -3.32. The smallest absolute Gasteiger partial charge is 0.232 e. The van der Waals surface area contributed by atoms with Crippen LogP contribution in [-0.2, 0) is 10.0 Å². The number of benzene rings is 1. The van der Waals surface area contributed by atoms with Crippen molar-refractivity contribution in [3.63, 3.8) is 0 Å². The molecule has 0 radical (unpaired) electrons. The molecule has 2 rings (SSSR count). The predicted molar refractivity (Wildman–Crippen MR) is 71.0 cm³/mol. The first-order valence-corrected chi connectivity index (χ1v) is 7.38. The van der Waals surface area contributed by atoms with Crippen molar-refractivity contribution >= 4 is 21.4 Å². The summed E-state index contributed by atoms with van der Waals surface area (Å²) in [4.78, 5) is 0. The Kier molecular flexibility index (Phi) is 2.74. The molecule has 1 heterocycles. The fraction of sp³-hybridized carbons (Fsp3) is 0.417. The van der Waals surface area contributed by atoms with Crippen molar-refractivity contribution in [3.8, 4) is 6.07 Å². The molecular formula is C12H15N3O2S. The summed E-state index contributed by atoms with van der Waals surface area (Å²) in [5.74, 6) is 0. The Bertz CT molecular complexity index is 629. The monoisotopic (exact) mass is 265 g/mol. The summed E-state index contributed by atoms with van der Waals surface area (Å²) in [6.07, 6.45) is 1.19. The predicted octanol–water partition coefficient (Wildman–Crippen LogP) is 1.53. The number of rotatable bonds is 1. The maximum absolute atomic E-state index is 11.8. The first-order valence-electron chi connectivity index (χ1n) is 5.53. The SMILES string of the molecule is CC1(C)CN(S(C)(=O)=O)c2ccc(C#N)cc2N1. The molecule has 0 aromatic heterocycles. The molecule has 0 fully saturated rings. The number of nitriles is 1. The molecule has 1 aromatic carbocycles. The second-order valence-corrected chi connectivity index (χ2v) is 7.03. The van der Waals surface area contributed by atoms with Crippen molar-refractivity contribution in [3.05, 3.63) is 23.8 Å². The van der Waals surface area contributed by atoms with Crippen molar-refractivity contribution < 1.29 is 8.42 Å². The van der Waals surface area contributed by atoms with Crippen LogP contribution in [0, 0.1) is 11.3 Å². The Morgan fingerprint density at radius 1 is 1.44 bits per heavy atom. The molecule has 0 saturated heterocycles. The number of hydrogen-bond acceptors (Lipinski definition) is 4. The number of hydrogen-bond donors (Lipinski definition) is 1. The van der Waals surface area contributed by atoms with Gasteiger partial charge in [0.1, 0.15) is 0 Å². The zero-order chi connectivity index (χ0) is 13.6. The van der Waals surface area contributed by atoms with E-state index in [0.29, 0.717) is 23.5 Å². The van der Waals surface area contributed by atoms with E-state index in [1.807, 2.05) is 13.8 Å². The van der Waals surface area contributed by atoms with Gasteiger partial charge in [-0.05, 0) is 32.0 Å². The highest BCUT2D eigenvalue weighted by molar-refractivity contribution is 7.92. The number of nitrogens with zero attached hydrogens (tertiary/aromatic N) is 2. The topological polar surface area (TPSA) is 73.2 Å². The van der Waals surface area contributed by atoms with Gasteiger partial charge in [0, 0.05) is 0 Å². The maximum atomic E-state index is 11.8. The van der Waals surface area contributed by atoms with Crippen LogP contribution in [0.25, 0.3) is 0 Å². The third kappa shape index (κ3) is 2.27. The van der Waals surface area contributed by atoms with Gasteiger partial charge in [-0.3, -0.25) is 4.31 Å². The first-order chi connectivity index (χ1) is 8.23. The van der Waals surface area contributed by atoms with Crippen molar-refractivity contribution in [1.82, 2.24) is 0 Å². The lowest BCUT2D eigenvalue weighted by Crippen LogP contribution is -2.50. The van der Waals surface area contributed by atoms with Crippen molar-refractivity contribution in [2.45, 2.75) is 19.4 Å². The molecule has 96 valence electrons. The van der Waals surface area contributed by atoms with E-state index in [9.17, 15) is 8.42 Å². The summed E-state index contributed by atoms with van der Waals surface area (Å²) in [6.45, 7) is 4.21. The molecule has 1 aliphatic rings. The second kappa shape index (κ2) is 3.89. The van der Waals surface area contributed by atoms with Crippen molar-refractivity contribution in [1.29, 1.82) is 5.26 Å². The van der Waals surface area contributed by atoms with Gasteiger partial charge < -0.3 is 5.32 Å². The van der Waals surface area contributed by atoms with Gasteiger partial charge in [0.05, 0.1) is 41.3 Å². The molecule has 0 saturated carbocycles. The summed E-state index contributed by atoms with van der Waals surface area (Å²) in [6, 6.07) is 7.01. The molecule has 0 bridgehead atoms. The summed E-state index contributed by atoms with van der Waals surface area (Å²) in [5, 5.41) is 12.1. The fourth-order valence-corrected chi connectivity index (χ4v) is 3.14. The van der Waals surface area contributed by atoms with Gasteiger partial charge in [-0.1, -0.05) is 0 Å². The van der Waals surface area contributed by atoms with E-state index in [1.165, 1.54) is 10.6 Å². The molecule has 0 spiro atoms. The molecule has 1 aliphatic heterocycles. The standard InChI is InChI=1S/C12H15N3O2S/c1-12(2)8-15(18(3,16)17)11-5-4-9(7-13)6-10(11)14-12/h4-6,14H,8H2,1-3H3. The van der Waals surface area contributed by atoms with Crippen LogP contribution in [0.3, 0.4) is 0 Å². The highest BCUT2D eigenvalue weighted by Crippen LogP contribution is 2.36. The lowest BCUT2D eigenvalue weighted by Gasteiger charge is -2.40. The summed E-state index contributed by atoms with van der Waals surface area (Å²) in [7, 11) is -3.32. The molecule has 18 heavy (non-hydrogen) atoms. The Labute approximate surface area is 107 Å². The molecule has 1 aromatic rings. The Morgan fingerprint density at radius 3 is 2.67 bits per heavy atom. The minimum absolute atomic E-state index is 0.366. The van der Waals surface area contributed by atoms with E-state index in [4.69, 9.17) is 5.26 Å². The molecule has 1 N–H and O–H groups in total. The van der Waals surface area contributed by atoms with Gasteiger partial charge in [0.25, 0.3) is 0 Å². The Balaban J connectivity index is 2.61. The first kappa shape index (κ1) is 12.7. The quantitative estimate of drug-likeness (QED) is 0.835. The number of anilines is 2. The molecule has 0 atom stereocenters. The number of nitrogens with one attached hydrogen (secondary N) is 1. The average molecular weight is 265 g/mol. The van der Waals surface area contributed by atoms with Gasteiger partial charge in [-0.25, -0.2) is 8.42 Å². The van der Waals surface area contributed by atoms with Crippen LogP contribution < -0.4 is 9.62 Å². The van der Waals surface area contributed by atoms with Gasteiger partial charge in [0.2, 0.25) is 10.0 Å². The molecule has 0 amide bonds. The van der Waals surface area contributed by atoms with Crippen LogP contribution in [0.2, 0.25) is 0 Å². The van der Waals surface area contributed by atoms with E-state index in [-0.39, 0.29) is 5.54 Å². The summed E-state index contributed by atoms with van der Waals surface area (Å²) < 4.78 is 25.0. The van der Waals surface area contributed by atoms with E-state index in [2.05, 4.69) is 11.4 Å². The van der Waals surface area contributed by atoms with Gasteiger partial charge in [-0.15, -0.1) is 0 Å². The van der Waals surface area contributed by atoms with E-state index < -0.39 is 10.0 Å². The van der Waals surface area contributed by atoms with Crippen LogP contribution in [0.4, 0.5) is 11.4 Å². The molecule has 0 aliphatic carbocycles. The lowest BCUT2D eigenvalue weighted by molar-refractivity contribution is 0.546. The highest BCUT2D eigenvalue weighted by Gasteiger charge is 2.33.